The van der Waals surface area contributed by atoms with E-state index >= 15 is 0 Å². The summed E-state index contributed by atoms with van der Waals surface area (Å²) in [5.74, 6) is 0.162. The van der Waals surface area contributed by atoms with Crippen LogP contribution >= 0.6 is 11.6 Å². The van der Waals surface area contributed by atoms with Gasteiger partial charge in [-0.1, -0.05) is 23.7 Å². The third-order valence-corrected chi connectivity index (χ3v) is 3.65. The molecule has 0 aliphatic rings. The number of nitrogen functional groups attached to an aromatic ring is 1. The van der Waals surface area contributed by atoms with Gasteiger partial charge in [0.25, 0.3) is 0 Å². The Kier molecular flexibility index (Phi) is 3.10. The first-order valence-electron chi connectivity index (χ1n) is 6.24. The summed E-state index contributed by atoms with van der Waals surface area (Å²) in [6, 6.07) is 11.8. The van der Waals surface area contributed by atoms with Gasteiger partial charge < -0.3 is 10.3 Å². The van der Waals surface area contributed by atoms with Crippen LogP contribution in [0.15, 0.2) is 42.5 Å². The van der Waals surface area contributed by atoms with Gasteiger partial charge in [-0.3, -0.25) is 0 Å². The first-order valence-corrected chi connectivity index (χ1v) is 6.62. The topological polar surface area (TPSA) is 43.8 Å². The molecule has 0 saturated heterocycles. The lowest BCUT2D eigenvalue weighted by Crippen LogP contribution is -2.10. The van der Waals surface area contributed by atoms with Crippen LogP contribution in [-0.2, 0) is 0 Å². The van der Waals surface area contributed by atoms with Crippen molar-refractivity contribution in [2.75, 3.05) is 5.73 Å². The Morgan fingerprint density at radius 2 is 1.90 bits per heavy atom. The van der Waals surface area contributed by atoms with Crippen LogP contribution in [0.4, 0.5) is 10.3 Å². The molecule has 2 aromatic carbocycles. The molecule has 1 heterocycles. The average Bonchev–Trinajstić information content (AvgIpc) is 2.73. The Morgan fingerprint density at radius 3 is 2.60 bits per heavy atom. The van der Waals surface area contributed by atoms with Crippen molar-refractivity contribution in [2.24, 2.45) is 0 Å². The van der Waals surface area contributed by atoms with Crippen LogP contribution in [0.1, 0.15) is 18.5 Å². The maximum atomic E-state index is 13.0. The van der Waals surface area contributed by atoms with Crippen molar-refractivity contribution in [1.82, 2.24) is 9.55 Å². The maximum absolute atomic E-state index is 13.0. The lowest BCUT2D eigenvalue weighted by Gasteiger charge is -2.16. The lowest BCUT2D eigenvalue weighted by atomic mass is 10.1. The summed E-state index contributed by atoms with van der Waals surface area (Å²) in [5, 5.41) is 0.622. The van der Waals surface area contributed by atoms with Crippen LogP contribution < -0.4 is 5.73 Å². The molecule has 0 bridgehead atoms. The summed E-state index contributed by atoms with van der Waals surface area (Å²) in [6.07, 6.45) is 0. The number of halogens is 2. The number of fused-ring (bicyclic) bond motifs is 1. The van der Waals surface area contributed by atoms with Crippen molar-refractivity contribution >= 4 is 28.6 Å². The van der Waals surface area contributed by atoms with E-state index in [2.05, 4.69) is 4.98 Å². The largest absolute Gasteiger partial charge is 0.369 e. The molecule has 1 atom stereocenters. The van der Waals surface area contributed by atoms with Crippen LogP contribution in [0.2, 0.25) is 5.02 Å². The second-order valence-corrected chi connectivity index (χ2v) is 5.14. The van der Waals surface area contributed by atoms with Crippen LogP contribution in [0.5, 0.6) is 0 Å². The minimum absolute atomic E-state index is 0.0400. The molecule has 0 spiro atoms. The molecular formula is C15H13ClFN3. The Bertz CT molecular complexity index is 765. The summed E-state index contributed by atoms with van der Waals surface area (Å²) in [4.78, 5) is 4.32. The fraction of sp³-hybridized carbons (Fsp3) is 0.133. The van der Waals surface area contributed by atoms with Gasteiger partial charge in [-0.15, -0.1) is 0 Å². The Balaban J connectivity index is 2.13. The van der Waals surface area contributed by atoms with Gasteiger partial charge in [-0.25, -0.2) is 9.37 Å². The number of hydrogen-bond donors (Lipinski definition) is 1. The van der Waals surface area contributed by atoms with E-state index in [-0.39, 0.29) is 11.9 Å². The molecule has 0 aliphatic carbocycles. The summed E-state index contributed by atoms with van der Waals surface area (Å²) >= 11 is 5.96. The van der Waals surface area contributed by atoms with Gasteiger partial charge in [0, 0.05) is 5.02 Å². The monoisotopic (exact) mass is 289 g/mol. The van der Waals surface area contributed by atoms with Crippen LogP contribution in [-0.4, -0.2) is 9.55 Å². The van der Waals surface area contributed by atoms with Crippen molar-refractivity contribution in [1.29, 1.82) is 0 Å². The molecule has 5 heteroatoms. The normalized spacial score (nSPS) is 12.8. The highest BCUT2D eigenvalue weighted by Crippen LogP contribution is 2.28. The fourth-order valence-electron chi connectivity index (χ4n) is 2.39. The Labute approximate surface area is 120 Å². The molecule has 1 aromatic heterocycles. The molecule has 3 aromatic rings. The number of imidazole rings is 1. The zero-order chi connectivity index (χ0) is 14.3. The third kappa shape index (κ3) is 2.12. The standard InChI is InChI=1S/C15H13ClFN3/c1-9(10-2-5-12(17)6-3-10)20-14-7-4-11(16)8-13(14)19-15(20)18/h2-9H,1H3,(H2,18,19). The van der Waals surface area contributed by atoms with E-state index in [9.17, 15) is 4.39 Å². The number of hydrogen-bond acceptors (Lipinski definition) is 2. The third-order valence-electron chi connectivity index (χ3n) is 3.42. The highest BCUT2D eigenvalue weighted by Gasteiger charge is 2.15. The molecule has 0 saturated carbocycles. The average molecular weight is 290 g/mol. The highest BCUT2D eigenvalue weighted by molar-refractivity contribution is 6.31. The molecule has 20 heavy (non-hydrogen) atoms. The Hall–Kier alpha value is -2.07. The van der Waals surface area contributed by atoms with Gasteiger partial charge >= 0.3 is 0 Å². The van der Waals surface area contributed by atoms with E-state index in [1.165, 1.54) is 12.1 Å². The van der Waals surface area contributed by atoms with Crippen LogP contribution in [0, 0.1) is 5.82 Å². The molecule has 0 aliphatic heterocycles. The lowest BCUT2D eigenvalue weighted by molar-refractivity contribution is 0.621. The number of nitrogens with two attached hydrogens (primary N) is 1. The van der Waals surface area contributed by atoms with Crippen molar-refractivity contribution in [2.45, 2.75) is 13.0 Å². The maximum Gasteiger partial charge on any atom is 0.201 e. The first-order chi connectivity index (χ1) is 9.56. The van der Waals surface area contributed by atoms with E-state index in [4.69, 9.17) is 17.3 Å². The minimum Gasteiger partial charge on any atom is -0.369 e. The molecular weight excluding hydrogens is 277 g/mol. The molecule has 3 nitrogen and oxygen atoms in total. The van der Waals surface area contributed by atoms with E-state index in [1.54, 1.807) is 24.3 Å². The number of anilines is 1. The van der Waals surface area contributed by atoms with E-state index < -0.39 is 0 Å². The van der Waals surface area contributed by atoms with Crippen molar-refractivity contribution in [3.63, 3.8) is 0 Å². The van der Waals surface area contributed by atoms with Gasteiger partial charge in [0.05, 0.1) is 17.1 Å². The number of nitrogens with zero attached hydrogens (tertiary/aromatic N) is 2. The predicted octanol–water partition coefficient (Wildman–Crippen LogP) is 4.02. The second kappa shape index (κ2) is 4.80. The summed E-state index contributed by atoms with van der Waals surface area (Å²) < 4.78 is 14.9. The van der Waals surface area contributed by atoms with Crippen LogP contribution in [0.25, 0.3) is 11.0 Å². The van der Waals surface area contributed by atoms with E-state index in [0.29, 0.717) is 11.0 Å². The minimum atomic E-state index is -0.254. The summed E-state index contributed by atoms with van der Waals surface area (Å²) in [5.41, 5.74) is 8.63. The van der Waals surface area contributed by atoms with E-state index in [0.717, 1.165) is 16.6 Å². The Morgan fingerprint density at radius 1 is 1.20 bits per heavy atom. The zero-order valence-electron chi connectivity index (χ0n) is 10.8. The molecule has 2 N–H and O–H groups in total. The van der Waals surface area contributed by atoms with Gasteiger partial charge in [-0.2, -0.15) is 0 Å². The van der Waals surface area contributed by atoms with Crippen molar-refractivity contribution in [3.05, 3.63) is 58.9 Å². The predicted molar refractivity (Wildman–Crippen MR) is 79.4 cm³/mol. The molecule has 102 valence electrons. The summed E-state index contributed by atoms with van der Waals surface area (Å²) in [7, 11) is 0. The molecule has 1 unspecified atom stereocenters. The highest BCUT2D eigenvalue weighted by atomic mass is 35.5. The second-order valence-electron chi connectivity index (χ2n) is 4.70. The van der Waals surface area contributed by atoms with Crippen LogP contribution in [0.3, 0.4) is 0 Å². The molecule has 0 radical (unpaired) electrons. The van der Waals surface area contributed by atoms with Gasteiger partial charge in [0.15, 0.2) is 0 Å². The van der Waals surface area contributed by atoms with Gasteiger partial charge in [0.1, 0.15) is 5.82 Å². The van der Waals surface area contributed by atoms with Crippen molar-refractivity contribution < 1.29 is 4.39 Å². The van der Waals surface area contributed by atoms with Gasteiger partial charge in [0.2, 0.25) is 5.95 Å². The van der Waals surface area contributed by atoms with Crippen molar-refractivity contribution in [3.8, 4) is 0 Å². The van der Waals surface area contributed by atoms with E-state index in [1.807, 2.05) is 17.6 Å². The number of rotatable bonds is 2. The summed E-state index contributed by atoms with van der Waals surface area (Å²) in [6.45, 7) is 2.00. The number of benzene rings is 2. The quantitative estimate of drug-likeness (QED) is 0.774. The smallest absolute Gasteiger partial charge is 0.201 e. The zero-order valence-corrected chi connectivity index (χ0v) is 11.6. The SMILES string of the molecule is CC(c1ccc(F)cc1)n1c(N)nc2cc(Cl)ccc21. The fourth-order valence-corrected chi connectivity index (χ4v) is 2.55. The first kappa shape index (κ1) is 12.9. The number of aromatic nitrogens is 2. The van der Waals surface area contributed by atoms with Gasteiger partial charge in [-0.05, 0) is 42.8 Å². The molecule has 0 fully saturated rings. The molecule has 3 rings (SSSR count). The molecule has 0 amide bonds.